The van der Waals surface area contributed by atoms with Crippen LogP contribution in [0.5, 0.6) is 0 Å². The minimum atomic E-state index is -0.366. The van der Waals surface area contributed by atoms with Crippen LogP contribution in [-0.4, -0.2) is 26.7 Å². The van der Waals surface area contributed by atoms with E-state index in [9.17, 15) is 9.50 Å². The maximum Gasteiger partial charge on any atom is 0.123 e. The van der Waals surface area contributed by atoms with Crippen molar-refractivity contribution in [2.45, 2.75) is 23.8 Å². The molecule has 1 atom stereocenters. The van der Waals surface area contributed by atoms with E-state index in [0.29, 0.717) is 12.2 Å². The number of aliphatic hydroxyl groups is 1. The quantitative estimate of drug-likeness (QED) is 0.827. The smallest absolute Gasteiger partial charge is 0.123 e. The molecule has 1 aromatic heterocycles. The Labute approximate surface area is 116 Å². The summed E-state index contributed by atoms with van der Waals surface area (Å²) in [5.41, 5.74) is 1.13. The highest BCUT2D eigenvalue weighted by molar-refractivity contribution is 7.99. The van der Waals surface area contributed by atoms with E-state index in [2.05, 4.69) is 5.10 Å². The van der Waals surface area contributed by atoms with E-state index in [-0.39, 0.29) is 11.9 Å². The Morgan fingerprint density at radius 2 is 2.11 bits per heavy atom. The number of aryl methyl sites for hydroxylation is 2. The summed E-state index contributed by atoms with van der Waals surface area (Å²) in [4.78, 5) is 0.974. The lowest BCUT2D eigenvalue weighted by atomic mass is 10.1. The number of hydrogen-bond donors (Lipinski definition) is 1. The van der Waals surface area contributed by atoms with Gasteiger partial charge in [-0.1, -0.05) is 0 Å². The molecule has 1 unspecified atom stereocenters. The van der Waals surface area contributed by atoms with Crippen LogP contribution in [0.3, 0.4) is 0 Å². The van der Waals surface area contributed by atoms with Crippen LogP contribution in [0.4, 0.5) is 4.39 Å². The topological polar surface area (TPSA) is 38.0 Å². The molecule has 0 bridgehead atoms. The highest BCUT2D eigenvalue weighted by Gasteiger charge is 2.07. The second kappa shape index (κ2) is 6.73. The van der Waals surface area contributed by atoms with E-state index in [0.717, 1.165) is 16.9 Å². The number of aromatic nitrogens is 2. The number of rotatable bonds is 6. The first-order chi connectivity index (χ1) is 9.13. The lowest BCUT2D eigenvalue weighted by Crippen LogP contribution is -2.10. The molecule has 0 radical (unpaired) electrons. The fourth-order valence-corrected chi connectivity index (χ4v) is 2.62. The summed E-state index contributed by atoms with van der Waals surface area (Å²) < 4.78 is 14.5. The van der Waals surface area contributed by atoms with Crippen LogP contribution >= 0.6 is 11.8 Å². The highest BCUT2D eigenvalue weighted by Crippen LogP contribution is 2.20. The Morgan fingerprint density at radius 1 is 1.37 bits per heavy atom. The molecule has 0 aliphatic carbocycles. The van der Waals surface area contributed by atoms with E-state index in [1.807, 2.05) is 19.4 Å². The molecule has 3 nitrogen and oxygen atoms in total. The Kier molecular flexibility index (Phi) is 4.99. The first-order valence-corrected chi connectivity index (χ1v) is 7.16. The van der Waals surface area contributed by atoms with Crippen molar-refractivity contribution in [2.75, 3.05) is 5.75 Å². The molecule has 0 aliphatic rings. The van der Waals surface area contributed by atoms with Gasteiger partial charge in [-0.2, -0.15) is 5.10 Å². The first-order valence-electron chi connectivity index (χ1n) is 6.17. The summed E-state index contributed by atoms with van der Waals surface area (Å²) in [6, 6.07) is 6.33. The number of nitrogens with zero attached hydrogens (tertiary/aromatic N) is 2. The van der Waals surface area contributed by atoms with Gasteiger partial charge in [0.2, 0.25) is 0 Å². The van der Waals surface area contributed by atoms with Gasteiger partial charge in [-0.25, -0.2) is 4.39 Å². The Hall–Kier alpha value is -1.33. The monoisotopic (exact) mass is 280 g/mol. The normalized spacial score (nSPS) is 12.6. The molecule has 0 saturated heterocycles. The second-order valence-electron chi connectivity index (χ2n) is 4.48. The minimum absolute atomic E-state index is 0.235. The lowest BCUT2D eigenvalue weighted by Gasteiger charge is -2.09. The average molecular weight is 280 g/mol. The van der Waals surface area contributed by atoms with Gasteiger partial charge in [0.1, 0.15) is 5.82 Å². The number of thioether (sulfide) groups is 1. The van der Waals surface area contributed by atoms with Crippen LogP contribution in [0.1, 0.15) is 12.0 Å². The molecule has 1 aromatic carbocycles. The summed E-state index contributed by atoms with van der Waals surface area (Å²) in [5.74, 6) is 0.382. The van der Waals surface area contributed by atoms with Gasteiger partial charge in [0, 0.05) is 23.9 Å². The van der Waals surface area contributed by atoms with Crippen LogP contribution < -0.4 is 0 Å². The molecular formula is C14H17FN2OS. The molecule has 1 heterocycles. The van der Waals surface area contributed by atoms with Crippen LogP contribution in [0, 0.1) is 5.82 Å². The van der Waals surface area contributed by atoms with Gasteiger partial charge in [-0.3, -0.25) is 4.68 Å². The molecule has 0 aliphatic heterocycles. The fraction of sp³-hybridized carbons (Fsp3) is 0.357. The molecule has 2 aromatic rings. The Bertz CT molecular complexity index is 512. The van der Waals surface area contributed by atoms with Crippen LogP contribution in [0.15, 0.2) is 41.6 Å². The van der Waals surface area contributed by atoms with E-state index in [4.69, 9.17) is 0 Å². The first kappa shape index (κ1) is 14.1. The Balaban J connectivity index is 1.72. The predicted molar refractivity (Wildman–Crippen MR) is 74.7 cm³/mol. The van der Waals surface area contributed by atoms with E-state index >= 15 is 0 Å². The highest BCUT2D eigenvalue weighted by atomic mass is 32.2. The van der Waals surface area contributed by atoms with Gasteiger partial charge >= 0.3 is 0 Å². The average Bonchev–Trinajstić information content (AvgIpc) is 2.81. The molecule has 19 heavy (non-hydrogen) atoms. The van der Waals surface area contributed by atoms with Crippen LogP contribution in [0.2, 0.25) is 0 Å². The van der Waals surface area contributed by atoms with Crippen molar-refractivity contribution in [3.8, 4) is 0 Å². The summed E-state index contributed by atoms with van der Waals surface area (Å²) in [7, 11) is 1.88. The van der Waals surface area contributed by atoms with E-state index in [1.165, 1.54) is 12.1 Å². The zero-order chi connectivity index (χ0) is 13.7. The van der Waals surface area contributed by atoms with Crippen molar-refractivity contribution < 1.29 is 9.50 Å². The molecular weight excluding hydrogens is 263 g/mol. The number of aliphatic hydroxyl groups excluding tert-OH is 1. The molecule has 102 valence electrons. The molecule has 0 fully saturated rings. The van der Waals surface area contributed by atoms with Crippen LogP contribution in [0.25, 0.3) is 0 Å². The molecule has 5 heteroatoms. The zero-order valence-corrected chi connectivity index (χ0v) is 11.6. The summed E-state index contributed by atoms with van der Waals surface area (Å²) >= 11 is 1.54. The molecule has 2 rings (SSSR count). The van der Waals surface area contributed by atoms with Gasteiger partial charge in [0.25, 0.3) is 0 Å². The van der Waals surface area contributed by atoms with Crippen molar-refractivity contribution in [3.63, 3.8) is 0 Å². The number of halogens is 1. The molecule has 1 N–H and O–H groups in total. The van der Waals surface area contributed by atoms with Gasteiger partial charge < -0.3 is 5.11 Å². The summed E-state index contributed by atoms with van der Waals surface area (Å²) in [6.07, 6.45) is 4.94. The largest absolute Gasteiger partial charge is 0.392 e. The fourth-order valence-electron chi connectivity index (χ4n) is 1.74. The standard InChI is InChI=1S/C14H17FN2OS/c1-17-9-11(8-16-17)2-5-13(18)10-19-14-6-3-12(15)4-7-14/h3-4,6-9,13,18H,2,5,10H2,1H3. The summed E-state index contributed by atoms with van der Waals surface area (Å²) in [6.45, 7) is 0. The molecule has 0 saturated carbocycles. The SMILES string of the molecule is Cn1cc(CCC(O)CSc2ccc(F)cc2)cn1. The zero-order valence-electron chi connectivity index (χ0n) is 10.8. The van der Waals surface area contributed by atoms with Gasteiger partial charge in [0.05, 0.1) is 12.3 Å². The van der Waals surface area contributed by atoms with Crippen molar-refractivity contribution in [1.29, 1.82) is 0 Å². The number of benzene rings is 1. The second-order valence-corrected chi connectivity index (χ2v) is 5.57. The lowest BCUT2D eigenvalue weighted by molar-refractivity contribution is 0.189. The minimum Gasteiger partial charge on any atom is -0.392 e. The van der Waals surface area contributed by atoms with Crippen molar-refractivity contribution in [2.24, 2.45) is 7.05 Å². The predicted octanol–water partition coefficient (Wildman–Crippen LogP) is 2.65. The third kappa shape index (κ3) is 4.69. The third-order valence-electron chi connectivity index (χ3n) is 2.78. The van der Waals surface area contributed by atoms with Crippen molar-refractivity contribution in [1.82, 2.24) is 9.78 Å². The van der Waals surface area contributed by atoms with Gasteiger partial charge in [0.15, 0.2) is 0 Å². The van der Waals surface area contributed by atoms with Crippen molar-refractivity contribution in [3.05, 3.63) is 48.0 Å². The van der Waals surface area contributed by atoms with Gasteiger partial charge in [-0.05, 0) is 42.7 Å². The molecule has 0 spiro atoms. The third-order valence-corrected chi connectivity index (χ3v) is 3.94. The Morgan fingerprint density at radius 3 is 2.74 bits per heavy atom. The van der Waals surface area contributed by atoms with E-state index < -0.39 is 0 Å². The van der Waals surface area contributed by atoms with E-state index in [1.54, 1.807) is 28.6 Å². The molecule has 0 amide bonds. The maximum atomic E-state index is 12.7. The maximum absolute atomic E-state index is 12.7. The number of hydrogen-bond acceptors (Lipinski definition) is 3. The van der Waals surface area contributed by atoms with Crippen LogP contribution in [-0.2, 0) is 13.5 Å². The van der Waals surface area contributed by atoms with Gasteiger partial charge in [-0.15, -0.1) is 11.8 Å². The van der Waals surface area contributed by atoms with Crippen molar-refractivity contribution >= 4 is 11.8 Å². The summed E-state index contributed by atoms with van der Waals surface area (Å²) in [5, 5.41) is 14.0.